The molecule has 0 radical (unpaired) electrons. The molecule has 1 heterocycles. The van der Waals surface area contributed by atoms with E-state index < -0.39 is 11.9 Å². The first-order valence-corrected chi connectivity index (χ1v) is 11.8. The Morgan fingerprint density at radius 2 is 1.81 bits per heavy atom. The highest BCUT2D eigenvalue weighted by molar-refractivity contribution is 7.14. The maximum atomic E-state index is 12.8. The number of carbonyl (C=O) groups is 2. The van der Waals surface area contributed by atoms with Gasteiger partial charge in [0.15, 0.2) is 5.13 Å². The summed E-state index contributed by atoms with van der Waals surface area (Å²) in [6, 6.07) is 14.0. The molecule has 0 saturated carbocycles. The van der Waals surface area contributed by atoms with E-state index in [9.17, 15) is 9.59 Å². The minimum absolute atomic E-state index is 0.222. The van der Waals surface area contributed by atoms with E-state index in [1.54, 1.807) is 23.6 Å². The Bertz CT molecular complexity index is 1070. The van der Waals surface area contributed by atoms with E-state index in [0.29, 0.717) is 39.7 Å². The molecule has 1 atom stereocenters. The van der Waals surface area contributed by atoms with Gasteiger partial charge in [0, 0.05) is 24.0 Å². The Balaban J connectivity index is 1.69. The quantitative estimate of drug-likeness (QED) is 0.379. The molecule has 6 nitrogen and oxygen atoms in total. The van der Waals surface area contributed by atoms with Gasteiger partial charge in [0.1, 0.15) is 11.7 Å². The third-order valence-corrected chi connectivity index (χ3v) is 5.99. The summed E-state index contributed by atoms with van der Waals surface area (Å²) in [5.74, 6) is -0.329. The van der Waals surface area contributed by atoms with Crippen LogP contribution in [0, 0.1) is 5.92 Å². The largest absolute Gasteiger partial charge is 0.354 e. The van der Waals surface area contributed by atoms with Crippen molar-refractivity contribution in [3.8, 4) is 0 Å². The van der Waals surface area contributed by atoms with Gasteiger partial charge in [-0.15, -0.1) is 11.3 Å². The average Bonchev–Trinajstić information content (AvgIpc) is 3.23. The van der Waals surface area contributed by atoms with Crippen molar-refractivity contribution in [2.24, 2.45) is 5.92 Å². The number of aromatic nitrogens is 1. The van der Waals surface area contributed by atoms with E-state index in [-0.39, 0.29) is 11.6 Å². The van der Waals surface area contributed by atoms with Crippen LogP contribution in [-0.2, 0) is 11.2 Å². The van der Waals surface area contributed by atoms with Crippen molar-refractivity contribution < 1.29 is 9.59 Å². The summed E-state index contributed by atoms with van der Waals surface area (Å²) in [5, 5.41) is 11.9. The van der Waals surface area contributed by atoms with Crippen molar-refractivity contribution in [3.05, 3.63) is 75.2 Å². The minimum atomic E-state index is -0.711. The molecule has 168 valence electrons. The van der Waals surface area contributed by atoms with Crippen LogP contribution in [-0.4, -0.2) is 29.4 Å². The molecule has 0 fully saturated rings. The summed E-state index contributed by atoms with van der Waals surface area (Å²) in [6.07, 6.45) is 0.384. The molecule has 32 heavy (non-hydrogen) atoms. The van der Waals surface area contributed by atoms with Gasteiger partial charge < -0.3 is 16.0 Å². The second-order valence-corrected chi connectivity index (χ2v) is 9.32. The zero-order valence-electron chi connectivity index (χ0n) is 17.7. The van der Waals surface area contributed by atoms with Gasteiger partial charge in [-0.1, -0.05) is 67.4 Å². The maximum Gasteiger partial charge on any atom is 0.271 e. The summed E-state index contributed by atoms with van der Waals surface area (Å²) in [6.45, 7) is 4.57. The molecule has 3 rings (SSSR count). The SMILES string of the molecule is CC(C)CNC(=O)[C@H](Cc1ccccc1)NC(=O)c1csc(Nc2ccc(Cl)c(Cl)c2)n1. The smallest absolute Gasteiger partial charge is 0.271 e. The van der Waals surface area contributed by atoms with Gasteiger partial charge in [-0.2, -0.15) is 0 Å². The number of halogens is 2. The fourth-order valence-corrected chi connectivity index (χ4v) is 3.86. The molecule has 0 saturated heterocycles. The number of amides is 2. The molecule has 2 aromatic carbocycles. The monoisotopic (exact) mass is 490 g/mol. The molecule has 2 amide bonds. The van der Waals surface area contributed by atoms with Crippen molar-refractivity contribution >= 4 is 57.2 Å². The summed E-state index contributed by atoms with van der Waals surface area (Å²) in [7, 11) is 0. The molecular weight excluding hydrogens is 467 g/mol. The topological polar surface area (TPSA) is 83.1 Å². The van der Waals surface area contributed by atoms with Gasteiger partial charge >= 0.3 is 0 Å². The van der Waals surface area contributed by atoms with E-state index in [0.717, 1.165) is 5.56 Å². The highest BCUT2D eigenvalue weighted by atomic mass is 35.5. The summed E-state index contributed by atoms with van der Waals surface area (Å²) >= 11 is 13.3. The van der Waals surface area contributed by atoms with Gasteiger partial charge in [0.25, 0.3) is 5.91 Å². The lowest BCUT2D eigenvalue weighted by Gasteiger charge is -2.19. The minimum Gasteiger partial charge on any atom is -0.354 e. The van der Waals surface area contributed by atoms with Crippen LogP contribution in [0.5, 0.6) is 0 Å². The van der Waals surface area contributed by atoms with Crippen LogP contribution in [0.3, 0.4) is 0 Å². The van der Waals surface area contributed by atoms with Gasteiger partial charge in [-0.05, 0) is 29.7 Å². The molecule has 9 heteroatoms. The molecule has 0 spiro atoms. The molecule has 0 aliphatic heterocycles. The number of carbonyl (C=O) groups excluding carboxylic acids is 2. The first-order chi connectivity index (χ1) is 15.3. The van der Waals surface area contributed by atoms with E-state index in [1.807, 2.05) is 44.2 Å². The van der Waals surface area contributed by atoms with Crippen LogP contribution >= 0.6 is 34.5 Å². The van der Waals surface area contributed by atoms with Crippen molar-refractivity contribution in [2.45, 2.75) is 26.3 Å². The fraction of sp³-hybridized carbons (Fsp3) is 0.261. The Kier molecular flexibility index (Phi) is 8.50. The number of anilines is 2. The highest BCUT2D eigenvalue weighted by Crippen LogP contribution is 2.28. The Hall–Kier alpha value is -2.61. The van der Waals surface area contributed by atoms with E-state index in [2.05, 4.69) is 20.9 Å². The van der Waals surface area contributed by atoms with E-state index in [1.165, 1.54) is 11.3 Å². The Morgan fingerprint density at radius 1 is 1.06 bits per heavy atom. The second-order valence-electron chi connectivity index (χ2n) is 7.65. The summed E-state index contributed by atoms with van der Waals surface area (Å²) in [5.41, 5.74) is 1.89. The molecule has 0 aliphatic carbocycles. The van der Waals surface area contributed by atoms with Crippen LogP contribution < -0.4 is 16.0 Å². The zero-order valence-corrected chi connectivity index (χ0v) is 20.0. The van der Waals surface area contributed by atoms with Crippen LogP contribution in [0.1, 0.15) is 29.9 Å². The van der Waals surface area contributed by atoms with Gasteiger partial charge in [0.2, 0.25) is 5.91 Å². The number of nitrogens with zero attached hydrogens (tertiary/aromatic N) is 1. The fourth-order valence-electron chi connectivity index (χ4n) is 2.85. The number of hydrogen-bond acceptors (Lipinski definition) is 5. The number of benzene rings is 2. The number of hydrogen-bond donors (Lipinski definition) is 3. The summed E-state index contributed by atoms with van der Waals surface area (Å²) in [4.78, 5) is 29.9. The standard InChI is InChI=1S/C23H24Cl2N4O2S/c1-14(2)12-26-21(30)19(10-15-6-4-3-5-7-15)28-22(31)20-13-32-23(29-20)27-16-8-9-17(24)18(25)11-16/h3-9,11,13-14,19H,10,12H2,1-2H3,(H,26,30)(H,27,29)(H,28,31)/t19-/m0/s1. The van der Waals surface area contributed by atoms with Crippen molar-refractivity contribution in [3.63, 3.8) is 0 Å². The van der Waals surface area contributed by atoms with E-state index >= 15 is 0 Å². The lowest BCUT2D eigenvalue weighted by atomic mass is 10.0. The van der Waals surface area contributed by atoms with Gasteiger partial charge in [0.05, 0.1) is 10.0 Å². The molecule has 3 N–H and O–H groups in total. The zero-order chi connectivity index (χ0) is 23.1. The maximum absolute atomic E-state index is 12.8. The first-order valence-electron chi connectivity index (χ1n) is 10.1. The third kappa shape index (κ3) is 6.95. The summed E-state index contributed by atoms with van der Waals surface area (Å²) < 4.78 is 0. The normalized spacial score (nSPS) is 11.8. The highest BCUT2D eigenvalue weighted by Gasteiger charge is 2.23. The van der Waals surface area contributed by atoms with Crippen LogP contribution in [0.2, 0.25) is 10.0 Å². The van der Waals surface area contributed by atoms with Crippen molar-refractivity contribution in [1.82, 2.24) is 15.6 Å². The van der Waals surface area contributed by atoms with Crippen molar-refractivity contribution in [1.29, 1.82) is 0 Å². The van der Waals surface area contributed by atoms with Gasteiger partial charge in [-0.25, -0.2) is 4.98 Å². The Morgan fingerprint density at radius 3 is 2.50 bits per heavy atom. The predicted octanol–water partition coefficient (Wildman–Crippen LogP) is 5.31. The van der Waals surface area contributed by atoms with Crippen LogP contribution in [0.4, 0.5) is 10.8 Å². The third-order valence-electron chi connectivity index (χ3n) is 4.50. The first kappa shape index (κ1) is 24.0. The number of rotatable bonds is 9. The molecular formula is C23H24Cl2N4O2S. The van der Waals surface area contributed by atoms with E-state index in [4.69, 9.17) is 23.2 Å². The van der Waals surface area contributed by atoms with Crippen LogP contribution in [0.15, 0.2) is 53.9 Å². The molecule has 0 aliphatic rings. The lowest BCUT2D eigenvalue weighted by Crippen LogP contribution is -2.48. The Labute approximate surface area is 201 Å². The predicted molar refractivity (Wildman–Crippen MR) is 131 cm³/mol. The molecule has 0 bridgehead atoms. The molecule has 3 aromatic rings. The molecule has 0 unspecified atom stereocenters. The van der Waals surface area contributed by atoms with Crippen molar-refractivity contribution in [2.75, 3.05) is 11.9 Å². The number of thiazole rings is 1. The molecule has 1 aromatic heterocycles. The van der Waals surface area contributed by atoms with Gasteiger partial charge in [-0.3, -0.25) is 9.59 Å². The second kappa shape index (κ2) is 11.3. The average molecular weight is 491 g/mol. The number of nitrogens with one attached hydrogen (secondary N) is 3. The van der Waals surface area contributed by atoms with Crippen LogP contribution in [0.25, 0.3) is 0 Å². The lowest BCUT2D eigenvalue weighted by molar-refractivity contribution is -0.123.